The van der Waals surface area contributed by atoms with Crippen LogP contribution in [0.2, 0.25) is 0 Å². The molecule has 0 amide bonds. The summed E-state index contributed by atoms with van der Waals surface area (Å²) in [6.07, 6.45) is 3.68. The molecule has 0 bridgehead atoms. The minimum Gasteiger partial charge on any atom is -0.301 e. The van der Waals surface area contributed by atoms with E-state index in [0.29, 0.717) is 6.04 Å². The van der Waals surface area contributed by atoms with Gasteiger partial charge in [-0.1, -0.05) is 0 Å². The Bertz CT molecular complexity index is 562. The Labute approximate surface area is 229 Å². The first-order chi connectivity index (χ1) is 15.9. The predicted molar refractivity (Wildman–Crippen MR) is 164 cm³/mol. The zero-order valence-electron chi connectivity index (χ0n) is 28.2. The highest BCUT2D eigenvalue weighted by molar-refractivity contribution is 4.88. The minimum absolute atomic E-state index is 0.193. The van der Waals surface area contributed by atoms with Crippen LogP contribution in [0.1, 0.15) is 137 Å². The topological polar surface area (TPSA) is 13.0 Å². The molecule has 0 aliphatic rings. The van der Waals surface area contributed by atoms with Crippen molar-refractivity contribution in [2.45, 2.75) is 171 Å². The summed E-state index contributed by atoms with van der Waals surface area (Å²) >= 11 is 0. The third kappa shape index (κ3) is 13.6. The molecular weight excluding hydrogens is 440 g/mol. The maximum atomic E-state index is 2.72. The van der Waals surface area contributed by atoms with Crippen molar-refractivity contribution in [2.75, 3.05) is 39.3 Å². The van der Waals surface area contributed by atoms with Gasteiger partial charge in [0.05, 0.1) is 0 Å². The van der Waals surface area contributed by atoms with Crippen molar-refractivity contribution >= 4 is 0 Å². The lowest BCUT2D eigenvalue weighted by Crippen LogP contribution is -2.53. The molecule has 4 heteroatoms. The second kappa shape index (κ2) is 13.8. The SMILES string of the molecule is CC(C)N(CCCN(CCCN(C(C)(C)C)C(C)(C)C)C(C)(C)C)CCCN(C(C)(C)C)C(C)(C)C. The molecule has 0 heterocycles. The van der Waals surface area contributed by atoms with Crippen LogP contribution in [-0.2, 0) is 0 Å². The van der Waals surface area contributed by atoms with Gasteiger partial charge >= 0.3 is 0 Å². The van der Waals surface area contributed by atoms with Crippen molar-refractivity contribution in [3.63, 3.8) is 0 Å². The summed E-state index contributed by atoms with van der Waals surface area (Å²) in [5.41, 5.74) is 0.987. The number of hydrogen-bond acceptors (Lipinski definition) is 4. The van der Waals surface area contributed by atoms with Crippen molar-refractivity contribution in [3.8, 4) is 0 Å². The van der Waals surface area contributed by atoms with Gasteiger partial charge in [0.2, 0.25) is 0 Å². The Kier molecular flexibility index (Phi) is 13.7. The second-order valence-electron chi connectivity index (χ2n) is 16.3. The Morgan fingerprint density at radius 3 is 0.917 bits per heavy atom. The number of rotatable bonds is 13. The summed E-state index contributed by atoms with van der Waals surface area (Å²) in [5, 5.41) is 0. The Balaban J connectivity index is 4.96. The van der Waals surface area contributed by atoms with Crippen LogP contribution in [-0.4, -0.2) is 92.6 Å². The minimum atomic E-state index is 0.193. The molecule has 0 atom stereocenters. The van der Waals surface area contributed by atoms with Gasteiger partial charge in [0.25, 0.3) is 0 Å². The molecule has 0 radical (unpaired) electrons. The van der Waals surface area contributed by atoms with Crippen molar-refractivity contribution in [3.05, 3.63) is 0 Å². The molecule has 4 nitrogen and oxygen atoms in total. The molecule has 0 aromatic carbocycles. The fourth-order valence-corrected chi connectivity index (χ4v) is 6.08. The van der Waals surface area contributed by atoms with Gasteiger partial charge in [-0.15, -0.1) is 0 Å². The third-order valence-electron chi connectivity index (χ3n) is 7.43. The van der Waals surface area contributed by atoms with E-state index in [1.807, 2.05) is 0 Å². The second-order valence-corrected chi connectivity index (χ2v) is 16.3. The zero-order chi connectivity index (χ0) is 28.8. The fraction of sp³-hybridized carbons (Fsp3) is 1.00. The van der Waals surface area contributed by atoms with Crippen LogP contribution < -0.4 is 0 Å². The fourth-order valence-electron chi connectivity index (χ4n) is 6.08. The van der Waals surface area contributed by atoms with E-state index < -0.39 is 0 Å². The lowest BCUT2D eigenvalue weighted by molar-refractivity contribution is 0.0293. The molecular formula is C32H70N4. The molecule has 0 aliphatic heterocycles. The maximum Gasteiger partial charge on any atom is 0.0130 e. The zero-order valence-corrected chi connectivity index (χ0v) is 28.2. The quantitative estimate of drug-likeness (QED) is 0.251. The first-order valence-electron chi connectivity index (χ1n) is 14.9. The first-order valence-corrected chi connectivity index (χ1v) is 14.9. The summed E-state index contributed by atoms with van der Waals surface area (Å²) in [6, 6.07) is 0.595. The molecule has 218 valence electrons. The smallest absolute Gasteiger partial charge is 0.0130 e. The summed E-state index contributed by atoms with van der Waals surface area (Å²) in [4.78, 5) is 10.7. The number of hydrogen-bond donors (Lipinski definition) is 0. The molecule has 0 aliphatic carbocycles. The van der Waals surface area contributed by atoms with Crippen molar-refractivity contribution in [1.29, 1.82) is 0 Å². The van der Waals surface area contributed by atoms with Crippen LogP contribution in [0.4, 0.5) is 0 Å². The van der Waals surface area contributed by atoms with E-state index in [1.165, 1.54) is 45.4 Å². The van der Waals surface area contributed by atoms with Crippen molar-refractivity contribution in [2.24, 2.45) is 0 Å². The largest absolute Gasteiger partial charge is 0.301 e. The molecule has 0 aromatic rings. The van der Waals surface area contributed by atoms with Crippen LogP contribution in [0.15, 0.2) is 0 Å². The van der Waals surface area contributed by atoms with Crippen LogP contribution in [0.5, 0.6) is 0 Å². The highest BCUT2D eigenvalue weighted by atomic mass is 15.3. The van der Waals surface area contributed by atoms with E-state index in [4.69, 9.17) is 0 Å². The standard InChI is InChI=1S/C32H70N4/c1-27(2)33(22-19-25-35(29(6,7)8)30(9,10)11)21-18-23-34(28(3,4)5)24-20-26-36(31(12,13)14)32(15,16)17/h27H,18-26H2,1-17H3. The van der Waals surface area contributed by atoms with Gasteiger partial charge in [0.1, 0.15) is 0 Å². The lowest BCUT2D eigenvalue weighted by Gasteiger charge is -2.46. The van der Waals surface area contributed by atoms with E-state index >= 15 is 0 Å². The van der Waals surface area contributed by atoms with Gasteiger partial charge in [-0.2, -0.15) is 0 Å². The molecule has 0 saturated carbocycles. The van der Waals surface area contributed by atoms with Gasteiger partial charge in [0.15, 0.2) is 0 Å². The normalized spacial score (nSPS) is 14.8. The van der Waals surface area contributed by atoms with Crippen LogP contribution in [0, 0.1) is 0 Å². The molecule has 0 N–H and O–H groups in total. The highest BCUT2D eigenvalue weighted by Gasteiger charge is 2.32. The van der Waals surface area contributed by atoms with Gasteiger partial charge in [-0.05, 0) is 163 Å². The van der Waals surface area contributed by atoms with E-state index in [-0.39, 0.29) is 27.7 Å². The molecule has 0 saturated heterocycles. The summed E-state index contributed by atoms with van der Waals surface area (Å²) in [7, 11) is 0. The summed E-state index contributed by atoms with van der Waals surface area (Å²) in [5.74, 6) is 0. The van der Waals surface area contributed by atoms with Crippen LogP contribution in [0.3, 0.4) is 0 Å². The maximum absolute atomic E-state index is 2.72. The predicted octanol–water partition coefficient (Wildman–Crippen LogP) is 7.77. The molecule has 0 spiro atoms. The van der Waals surface area contributed by atoms with Crippen LogP contribution >= 0.6 is 0 Å². The van der Waals surface area contributed by atoms with Crippen molar-refractivity contribution < 1.29 is 0 Å². The van der Waals surface area contributed by atoms with Gasteiger partial charge in [-0.25, -0.2) is 0 Å². The molecule has 0 aromatic heterocycles. The highest BCUT2D eigenvalue weighted by Crippen LogP contribution is 2.26. The van der Waals surface area contributed by atoms with Crippen molar-refractivity contribution in [1.82, 2.24) is 19.6 Å². The van der Waals surface area contributed by atoms with E-state index in [9.17, 15) is 0 Å². The Morgan fingerprint density at radius 1 is 0.389 bits per heavy atom. The average molecular weight is 511 g/mol. The van der Waals surface area contributed by atoms with Crippen LogP contribution in [0.25, 0.3) is 0 Å². The molecule has 0 rings (SSSR count). The first kappa shape index (κ1) is 35.8. The summed E-state index contributed by atoms with van der Waals surface area (Å²) < 4.78 is 0. The average Bonchev–Trinajstić information content (AvgIpc) is 2.59. The molecule has 36 heavy (non-hydrogen) atoms. The Morgan fingerprint density at radius 2 is 0.667 bits per heavy atom. The third-order valence-corrected chi connectivity index (χ3v) is 7.43. The van der Waals surface area contributed by atoms with Gasteiger partial charge in [-0.3, -0.25) is 14.7 Å². The monoisotopic (exact) mass is 511 g/mol. The van der Waals surface area contributed by atoms with Gasteiger partial charge < -0.3 is 4.90 Å². The number of nitrogens with zero attached hydrogens (tertiary/aromatic N) is 4. The molecule has 0 fully saturated rings. The van der Waals surface area contributed by atoms with E-state index in [0.717, 1.165) is 13.1 Å². The Hall–Kier alpha value is -0.160. The lowest BCUT2D eigenvalue weighted by atomic mass is 9.95. The summed E-state index contributed by atoms with van der Waals surface area (Å²) in [6.45, 7) is 47.1. The van der Waals surface area contributed by atoms with Gasteiger partial charge in [0, 0.05) is 46.8 Å². The van der Waals surface area contributed by atoms with E-state index in [1.54, 1.807) is 0 Å². The molecule has 0 unspecified atom stereocenters. The van der Waals surface area contributed by atoms with E-state index in [2.05, 4.69) is 137 Å².